The number of nitrogens with one attached hydrogen (secondary N) is 1. The minimum atomic E-state index is -0.704. The van der Waals surface area contributed by atoms with Gasteiger partial charge in [0.25, 0.3) is 11.8 Å². The first-order valence-electron chi connectivity index (χ1n) is 8.67. The Morgan fingerprint density at radius 2 is 1.82 bits per heavy atom. The number of rotatable bonds is 5. The van der Waals surface area contributed by atoms with Crippen molar-refractivity contribution in [1.29, 1.82) is 0 Å². The molecule has 3 rings (SSSR count). The Morgan fingerprint density at radius 3 is 2.57 bits per heavy atom. The van der Waals surface area contributed by atoms with Gasteiger partial charge in [0.1, 0.15) is 6.54 Å². The summed E-state index contributed by atoms with van der Waals surface area (Å²) in [5.74, 6) is -1.50. The van der Waals surface area contributed by atoms with E-state index >= 15 is 0 Å². The predicted molar refractivity (Wildman–Crippen MR) is 105 cm³/mol. The van der Waals surface area contributed by atoms with Crippen molar-refractivity contribution in [3.8, 4) is 0 Å². The lowest BCUT2D eigenvalue weighted by atomic mass is 10.00. The Kier molecular flexibility index (Phi) is 6.54. The Balaban J connectivity index is 1.44. The maximum atomic E-state index is 12.3. The van der Waals surface area contributed by atoms with E-state index in [9.17, 15) is 14.4 Å². The number of fused-ring (bicyclic) bond motifs is 1. The summed E-state index contributed by atoms with van der Waals surface area (Å²) in [4.78, 5) is 37.8. The highest BCUT2D eigenvalue weighted by molar-refractivity contribution is 6.36. The molecule has 8 heteroatoms. The highest BCUT2D eigenvalue weighted by atomic mass is 35.5. The highest BCUT2D eigenvalue weighted by Crippen LogP contribution is 2.21. The Bertz CT molecular complexity index is 917. The molecule has 1 heterocycles. The molecule has 1 N–H and O–H groups in total. The molecule has 0 bridgehead atoms. The van der Waals surface area contributed by atoms with Crippen LogP contribution in [0.1, 0.15) is 21.5 Å². The summed E-state index contributed by atoms with van der Waals surface area (Å²) >= 11 is 11.7. The largest absolute Gasteiger partial charge is 0.454 e. The summed E-state index contributed by atoms with van der Waals surface area (Å²) in [5.41, 5.74) is 2.52. The van der Waals surface area contributed by atoms with E-state index in [2.05, 4.69) is 5.32 Å². The molecule has 2 amide bonds. The van der Waals surface area contributed by atoms with Crippen molar-refractivity contribution in [2.75, 3.05) is 19.7 Å². The van der Waals surface area contributed by atoms with Crippen molar-refractivity contribution in [3.05, 3.63) is 69.2 Å². The minimum absolute atomic E-state index is 0.180. The molecule has 1 aliphatic rings. The number of esters is 1. The van der Waals surface area contributed by atoms with Gasteiger partial charge in [-0.1, -0.05) is 47.5 Å². The number of nitrogens with zero attached hydrogens (tertiary/aromatic N) is 1. The number of benzene rings is 2. The van der Waals surface area contributed by atoms with Crippen molar-refractivity contribution < 1.29 is 19.1 Å². The number of carbonyl (C=O) groups is 3. The van der Waals surface area contributed by atoms with Crippen LogP contribution in [0.3, 0.4) is 0 Å². The van der Waals surface area contributed by atoms with Crippen LogP contribution >= 0.6 is 23.2 Å². The summed E-state index contributed by atoms with van der Waals surface area (Å²) in [5, 5.41) is 2.99. The molecule has 0 aliphatic carbocycles. The Hall–Kier alpha value is -2.57. The molecule has 0 aromatic heterocycles. The van der Waals surface area contributed by atoms with E-state index < -0.39 is 11.9 Å². The predicted octanol–water partition coefficient (Wildman–Crippen LogP) is 2.85. The second-order valence-electron chi connectivity index (χ2n) is 6.30. The highest BCUT2D eigenvalue weighted by Gasteiger charge is 2.21. The van der Waals surface area contributed by atoms with Crippen LogP contribution in [0.4, 0.5) is 0 Å². The van der Waals surface area contributed by atoms with Crippen LogP contribution in [-0.2, 0) is 27.3 Å². The van der Waals surface area contributed by atoms with Crippen molar-refractivity contribution in [3.63, 3.8) is 0 Å². The number of amides is 2. The molecule has 0 saturated carbocycles. The summed E-state index contributed by atoms with van der Waals surface area (Å²) in [7, 11) is 0. The fraction of sp³-hybridized carbons (Fsp3) is 0.250. The van der Waals surface area contributed by atoms with Gasteiger partial charge in [0, 0.05) is 18.1 Å². The van der Waals surface area contributed by atoms with Crippen LogP contribution in [0.5, 0.6) is 0 Å². The molecule has 0 fully saturated rings. The van der Waals surface area contributed by atoms with Crippen LogP contribution in [0.15, 0.2) is 42.5 Å². The van der Waals surface area contributed by atoms with Gasteiger partial charge in [-0.25, -0.2) is 0 Å². The average Bonchev–Trinajstić information content (AvgIpc) is 2.69. The third-order valence-electron chi connectivity index (χ3n) is 4.41. The van der Waals surface area contributed by atoms with Gasteiger partial charge >= 0.3 is 5.97 Å². The maximum absolute atomic E-state index is 12.3. The third-order valence-corrected chi connectivity index (χ3v) is 4.96. The zero-order chi connectivity index (χ0) is 20.1. The fourth-order valence-electron chi connectivity index (χ4n) is 2.91. The quantitative estimate of drug-likeness (QED) is 0.754. The van der Waals surface area contributed by atoms with Crippen molar-refractivity contribution in [2.45, 2.75) is 13.0 Å². The molecule has 146 valence electrons. The van der Waals surface area contributed by atoms with Gasteiger partial charge in [-0.3, -0.25) is 14.4 Å². The second-order valence-corrected chi connectivity index (χ2v) is 7.15. The maximum Gasteiger partial charge on any atom is 0.325 e. The monoisotopic (exact) mass is 420 g/mol. The molecule has 0 spiro atoms. The molecular weight excluding hydrogens is 403 g/mol. The summed E-state index contributed by atoms with van der Waals surface area (Å²) in [6.45, 7) is 0.351. The van der Waals surface area contributed by atoms with Crippen molar-refractivity contribution in [1.82, 2.24) is 10.2 Å². The van der Waals surface area contributed by atoms with Crippen molar-refractivity contribution in [2.24, 2.45) is 0 Å². The SMILES string of the molecule is O=C(CNC(=O)c1ccc(Cl)cc1Cl)OCC(=O)N1CCc2ccccc2C1. The summed E-state index contributed by atoms with van der Waals surface area (Å²) in [6, 6.07) is 12.4. The summed E-state index contributed by atoms with van der Waals surface area (Å²) in [6.07, 6.45) is 0.772. The number of ether oxygens (including phenoxy) is 1. The van der Waals surface area contributed by atoms with Gasteiger partial charge in [-0.05, 0) is 35.7 Å². The van der Waals surface area contributed by atoms with E-state index in [4.69, 9.17) is 27.9 Å². The zero-order valence-electron chi connectivity index (χ0n) is 14.9. The molecule has 2 aromatic carbocycles. The number of hydrogen-bond donors (Lipinski definition) is 1. The van der Waals surface area contributed by atoms with E-state index in [1.165, 1.54) is 23.8 Å². The van der Waals surface area contributed by atoms with Crippen LogP contribution in [0.2, 0.25) is 10.0 Å². The van der Waals surface area contributed by atoms with Crippen LogP contribution in [-0.4, -0.2) is 42.4 Å². The average molecular weight is 421 g/mol. The van der Waals surface area contributed by atoms with Gasteiger partial charge < -0.3 is 15.0 Å². The van der Waals surface area contributed by atoms with Crippen LogP contribution in [0.25, 0.3) is 0 Å². The van der Waals surface area contributed by atoms with Gasteiger partial charge in [0.2, 0.25) is 0 Å². The number of carbonyl (C=O) groups excluding carboxylic acids is 3. The molecule has 2 aromatic rings. The molecule has 1 aliphatic heterocycles. The topological polar surface area (TPSA) is 75.7 Å². The van der Waals surface area contributed by atoms with E-state index in [1.54, 1.807) is 4.90 Å². The first kappa shape index (κ1) is 20.2. The third kappa shape index (κ3) is 5.03. The first-order chi connectivity index (χ1) is 13.4. The van der Waals surface area contributed by atoms with Crippen molar-refractivity contribution >= 4 is 41.0 Å². The molecule has 0 atom stereocenters. The minimum Gasteiger partial charge on any atom is -0.454 e. The van der Waals surface area contributed by atoms with Gasteiger partial charge in [0.05, 0.1) is 10.6 Å². The van der Waals surface area contributed by atoms with E-state index in [0.29, 0.717) is 18.1 Å². The van der Waals surface area contributed by atoms with E-state index in [1.807, 2.05) is 24.3 Å². The van der Waals surface area contributed by atoms with Gasteiger partial charge in [-0.2, -0.15) is 0 Å². The number of halogens is 2. The number of hydrogen-bond acceptors (Lipinski definition) is 4. The van der Waals surface area contributed by atoms with Gasteiger partial charge in [-0.15, -0.1) is 0 Å². The van der Waals surface area contributed by atoms with Gasteiger partial charge in [0.15, 0.2) is 6.61 Å². The molecule has 0 unspecified atom stereocenters. The van der Waals surface area contributed by atoms with E-state index in [-0.39, 0.29) is 29.6 Å². The molecule has 0 radical (unpaired) electrons. The van der Waals surface area contributed by atoms with Crippen LogP contribution in [0, 0.1) is 0 Å². The zero-order valence-corrected chi connectivity index (χ0v) is 16.4. The molecular formula is C20H18Cl2N2O4. The summed E-state index contributed by atoms with van der Waals surface area (Å²) < 4.78 is 4.98. The van der Waals surface area contributed by atoms with E-state index in [0.717, 1.165) is 12.0 Å². The Morgan fingerprint density at radius 1 is 1.07 bits per heavy atom. The normalized spacial score (nSPS) is 12.9. The fourth-order valence-corrected chi connectivity index (χ4v) is 3.41. The lowest BCUT2D eigenvalue weighted by molar-refractivity contribution is -0.151. The second kappa shape index (κ2) is 9.08. The van der Waals surface area contributed by atoms with Crippen LogP contribution < -0.4 is 5.32 Å². The molecule has 28 heavy (non-hydrogen) atoms. The lowest BCUT2D eigenvalue weighted by Crippen LogP contribution is -2.39. The molecule has 0 saturated heterocycles. The molecule has 6 nitrogen and oxygen atoms in total. The smallest absolute Gasteiger partial charge is 0.325 e. The lowest BCUT2D eigenvalue weighted by Gasteiger charge is -2.28. The standard InChI is InChI=1S/C20H18Cl2N2O4/c21-15-5-6-16(17(22)9-15)20(27)23-10-19(26)28-12-18(25)24-8-7-13-3-1-2-4-14(13)11-24/h1-6,9H,7-8,10-12H2,(H,23,27). The Labute approximate surface area is 172 Å². The first-order valence-corrected chi connectivity index (χ1v) is 9.43.